The van der Waals surface area contributed by atoms with Crippen molar-refractivity contribution in [2.45, 2.75) is 65.2 Å². The Labute approximate surface area is 160 Å². The first-order valence-corrected chi connectivity index (χ1v) is 9.61. The Balaban J connectivity index is 1.69. The molecule has 7 heteroatoms. The van der Waals surface area contributed by atoms with E-state index in [-0.39, 0.29) is 29.6 Å². The Morgan fingerprint density at radius 3 is 2.63 bits per heavy atom. The molecular weight excluding hydrogens is 344 g/mol. The standard InChI is InChI=1S/C20H30N4O3/c1-12(2)17-16-7-15(8-21-19(16)27-23-17)18(25)22-11-20(5,6)24-9-13(3)26-14(4)10-24/h7-8,12-14H,9-11H2,1-6H3,(H,22,25). The van der Waals surface area contributed by atoms with Crippen molar-refractivity contribution >= 4 is 17.0 Å². The molecule has 0 bridgehead atoms. The SMILES string of the molecule is CC1CN(C(C)(C)CNC(=O)c2cnc3onc(C(C)C)c3c2)CC(C)O1. The van der Waals surface area contributed by atoms with Crippen LogP contribution in [0.5, 0.6) is 0 Å². The van der Waals surface area contributed by atoms with E-state index in [1.54, 1.807) is 6.20 Å². The summed E-state index contributed by atoms with van der Waals surface area (Å²) in [6.45, 7) is 14.8. The van der Waals surface area contributed by atoms with Crippen LogP contribution in [-0.2, 0) is 4.74 Å². The Hall–Kier alpha value is -1.99. The minimum absolute atomic E-state index is 0.136. The van der Waals surface area contributed by atoms with Gasteiger partial charge < -0.3 is 14.6 Å². The number of hydrogen-bond acceptors (Lipinski definition) is 6. The van der Waals surface area contributed by atoms with Crippen molar-refractivity contribution in [1.82, 2.24) is 20.4 Å². The molecule has 1 saturated heterocycles. The lowest BCUT2D eigenvalue weighted by atomic mass is 10.00. The first-order chi connectivity index (χ1) is 12.7. The molecule has 7 nitrogen and oxygen atoms in total. The summed E-state index contributed by atoms with van der Waals surface area (Å²) in [6, 6.07) is 1.81. The second kappa shape index (κ2) is 7.56. The lowest BCUT2D eigenvalue weighted by Gasteiger charge is -2.45. The van der Waals surface area contributed by atoms with E-state index < -0.39 is 0 Å². The largest absolute Gasteiger partial charge is 0.373 e. The smallest absolute Gasteiger partial charge is 0.257 e. The molecule has 1 N–H and O–H groups in total. The van der Waals surface area contributed by atoms with Gasteiger partial charge in [0.15, 0.2) is 0 Å². The van der Waals surface area contributed by atoms with E-state index in [0.717, 1.165) is 24.2 Å². The quantitative estimate of drug-likeness (QED) is 0.867. The third-order valence-corrected chi connectivity index (χ3v) is 5.12. The number of amides is 1. The third-order valence-electron chi connectivity index (χ3n) is 5.12. The fraction of sp³-hybridized carbons (Fsp3) is 0.650. The van der Waals surface area contributed by atoms with Crippen molar-refractivity contribution in [3.8, 4) is 0 Å². The molecular formula is C20H30N4O3. The predicted molar refractivity (Wildman–Crippen MR) is 104 cm³/mol. The van der Waals surface area contributed by atoms with Gasteiger partial charge in [0, 0.05) is 31.4 Å². The Morgan fingerprint density at radius 2 is 2.00 bits per heavy atom. The van der Waals surface area contributed by atoms with Gasteiger partial charge in [0.1, 0.15) is 0 Å². The maximum Gasteiger partial charge on any atom is 0.257 e. The fourth-order valence-corrected chi connectivity index (χ4v) is 3.57. The molecule has 1 aliphatic rings. The molecule has 2 aromatic heterocycles. The highest BCUT2D eigenvalue weighted by molar-refractivity contribution is 5.97. The molecule has 148 valence electrons. The number of morpholine rings is 1. The summed E-state index contributed by atoms with van der Waals surface area (Å²) in [5.74, 6) is 0.0679. The predicted octanol–water partition coefficient (Wildman–Crippen LogP) is 2.96. The first-order valence-electron chi connectivity index (χ1n) is 9.61. The topological polar surface area (TPSA) is 80.5 Å². The van der Waals surface area contributed by atoms with Gasteiger partial charge in [0.2, 0.25) is 0 Å². The van der Waals surface area contributed by atoms with Crippen LogP contribution >= 0.6 is 0 Å². The third kappa shape index (κ3) is 4.30. The molecule has 0 aromatic carbocycles. The van der Waals surface area contributed by atoms with Crippen LogP contribution in [0.2, 0.25) is 0 Å². The zero-order chi connectivity index (χ0) is 19.8. The number of pyridine rings is 1. The van der Waals surface area contributed by atoms with Crippen molar-refractivity contribution in [2.24, 2.45) is 0 Å². The second-order valence-corrected chi connectivity index (χ2v) is 8.46. The molecule has 0 aliphatic carbocycles. The van der Waals surface area contributed by atoms with Gasteiger partial charge in [0.25, 0.3) is 11.6 Å². The summed E-state index contributed by atoms with van der Waals surface area (Å²) in [4.78, 5) is 19.3. The van der Waals surface area contributed by atoms with E-state index in [4.69, 9.17) is 9.26 Å². The highest BCUT2D eigenvalue weighted by atomic mass is 16.5. The van der Waals surface area contributed by atoms with Crippen molar-refractivity contribution in [3.63, 3.8) is 0 Å². The minimum Gasteiger partial charge on any atom is -0.373 e. The summed E-state index contributed by atoms with van der Waals surface area (Å²) in [6.07, 6.45) is 1.93. The molecule has 3 heterocycles. The number of carbonyl (C=O) groups excluding carboxylic acids is 1. The molecule has 0 spiro atoms. The van der Waals surface area contributed by atoms with E-state index in [9.17, 15) is 4.79 Å². The molecule has 0 saturated carbocycles. The summed E-state index contributed by atoms with van der Waals surface area (Å²) in [5, 5.41) is 7.93. The highest BCUT2D eigenvalue weighted by Gasteiger charge is 2.33. The van der Waals surface area contributed by atoms with E-state index >= 15 is 0 Å². The van der Waals surface area contributed by atoms with Crippen LogP contribution in [0.25, 0.3) is 11.1 Å². The average molecular weight is 374 g/mol. The molecule has 2 aromatic rings. The van der Waals surface area contributed by atoms with Crippen molar-refractivity contribution in [3.05, 3.63) is 23.5 Å². The monoisotopic (exact) mass is 374 g/mol. The first kappa shape index (κ1) is 19.8. The zero-order valence-electron chi connectivity index (χ0n) is 17.1. The van der Waals surface area contributed by atoms with Crippen molar-refractivity contribution < 1.29 is 14.1 Å². The van der Waals surface area contributed by atoms with E-state index in [1.165, 1.54) is 0 Å². The van der Waals surface area contributed by atoms with E-state index in [1.807, 2.05) is 19.9 Å². The summed E-state index contributed by atoms with van der Waals surface area (Å²) >= 11 is 0. The number of fused-ring (bicyclic) bond motifs is 1. The van der Waals surface area contributed by atoms with Crippen LogP contribution in [0.3, 0.4) is 0 Å². The fourth-order valence-electron chi connectivity index (χ4n) is 3.57. The number of carbonyl (C=O) groups is 1. The van der Waals surface area contributed by atoms with Crippen LogP contribution in [0.4, 0.5) is 0 Å². The van der Waals surface area contributed by atoms with Crippen LogP contribution in [0, 0.1) is 0 Å². The minimum atomic E-state index is -0.167. The average Bonchev–Trinajstić information content (AvgIpc) is 3.02. The molecule has 1 fully saturated rings. The zero-order valence-corrected chi connectivity index (χ0v) is 17.1. The van der Waals surface area contributed by atoms with Gasteiger partial charge in [-0.25, -0.2) is 4.98 Å². The normalized spacial score (nSPS) is 21.7. The van der Waals surface area contributed by atoms with Gasteiger partial charge in [-0.05, 0) is 39.7 Å². The second-order valence-electron chi connectivity index (χ2n) is 8.46. The Kier molecular flexibility index (Phi) is 5.53. The van der Waals surface area contributed by atoms with E-state index in [0.29, 0.717) is 17.8 Å². The number of hydrogen-bond donors (Lipinski definition) is 1. The van der Waals surface area contributed by atoms with Gasteiger partial charge in [-0.15, -0.1) is 0 Å². The summed E-state index contributed by atoms with van der Waals surface area (Å²) in [5.41, 5.74) is 1.64. The van der Waals surface area contributed by atoms with Crippen LogP contribution in [0.15, 0.2) is 16.8 Å². The van der Waals surface area contributed by atoms with Crippen molar-refractivity contribution in [2.75, 3.05) is 19.6 Å². The van der Waals surface area contributed by atoms with Crippen LogP contribution in [0.1, 0.15) is 63.5 Å². The number of nitrogens with one attached hydrogen (secondary N) is 1. The number of rotatable bonds is 5. The van der Waals surface area contributed by atoms with Crippen molar-refractivity contribution in [1.29, 1.82) is 0 Å². The van der Waals surface area contributed by atoms with Gasteiger partial charge in [0.05, 0.1) is 28.9 Å². The molecule has 1 aliphatic heterocycles. The number of ether oxygens (including phenoxy) is 1. The Bertz CT molecular complexity index is 805. The van der Waals surface area contributed by atoms with Crippen LogP contribution < -0.4 is 5.32 Å². The molecule has 27 heavy (non-hydrogen) atoms. The summed E-state index contributed by atoms with van der Waals surface area (Å²) in [7, 11) is 0. The van der Waals surface area contributed by atoms with Crippen LogP contribution in [-0.4, -0.2) is 58.3 Å². The molecule has 1 amide bonds. The maximum absolute atomic E-state index is 12.7. The molecule has 2 atom stereocenters. The van der Waals surface area contributed by atoms with Gasteiger partial charge in [-0.2, -0.15) is 0 Å². The Morgan fingerprint density at radius 1 is 1.33 bits per heavy atom. The molecule has 2 unspecified atom stereocenters. The highest BCUT2D eigenvalue weighted by Crippen LogP contribution is 2.24. The summed E-state index contributed by atoms with van der Waals surface area (Å²) < 4.78 is 11.1. The molecule has 3 rings (SSSR count). The lowest BCUT2D eigenvalue weighted by Crippen LogP contribution is -2.58. The van der Waals surface area contributed by atoms with Gasteiger partial charge in [-0.3, -0.25) is 9.69 Å². The van der Waals surface area contributed by atoms with Gasteiger partial charge >= 0.3 is 0 Å². The number of aromatic nitrogens is 2. The van der Waals surface area contributed by atoms with Gasteiger partial charge in [-0.1, -0.05) is 19.0 Å². The molecule has 0 radical (unpaired) electrons. The number of nitrogens with zero attached hydrogens (tertiary/aromatic N) is 3. The lowest BCUT2D eigenvalue weighted by molar-refractivity contribution is -0.0948. The maximum atomic E-state index is 12.7. The van der Waals surface area contributed by atoms with E-state index in [2.05, 4.69) is 48.1 Å².